The van der Waals surface area contributed by atoms with E-state index in [0.717, 1.165) is 0 Å². The standard InChI is InChI=1S/C19H18Si.Na/c1-20(18-12-10-14-6-2-4-8-16(14)18)19-13-11-15-7-3-5-9-17(15)19;/h2-13,18-20H,1H3;. The molecule has 21 heavy (non-hydrogen) atoms. The Hall–Kier alpha value is -0.863. The van der Waals surface area contributed by atoms with Crippen molar-refractivity contribution < 1.29 is 0 Å². The Morgan fingerprint density at radius 3 is 1.62 bits per heavy atom. The van der Waals surface area contributed by atoms with Gasteiger partial charge in [0, 0.05) is 29.6 Å². The van der Waals surface area contributed by atoms with Crippen LogP contribution in [0.25, 0.3) is 12.2 Å². The maximum absolute atomic E-state index is 2.52. The molecule has 0 nitrogen and oxygen atoms in total. The smallest absolute Gasteiger partial charge is 0.0592 e. The molecule has 0 saturated heterocycles. The Morgan fingerprint density at radius 2 is 1.14 bits per heavy atom. The summed E-state index contributed by atoms with van der Waals surface area (Å²) in [5.41, 5.74) is 7.28. The Morgan fingerprint density at radius 1 is 0.714 bits per heavy atom. The van der Waals surface area contributed by atoms with Crippen LogP contribution in [0.1, 0.15) is 33.3 Å². The molecule has 2 atom stereocenters. The maximum Gasteiger partial charge on any atom is 0.0592 e. The second-order valence-electron chi connectivity index (χ2n) is 5.89. The molecule has 0 aromatic heterocycles. The minimum atomic E-state index is -0.955. The van der Waals surface area contributed by atoms with E-state index in [9.17, 15) is 0 Å². The molecule has 2 aliphatic rings. The van der Waals surface area contributed by atoms with Crippen LogP contribution in [0.5, 0.6) is 0 Å². The van der Waals surface area contributed by atoms with Crippen molar-refractivity contribution in [3.05, 3.63) is 82.9 Å². The summed E-state index contributed by atoms with van der Waals surface area (Å²) in [5.74, 6) is 0. The van der Waals surface area contributed by atoms with Crippen LogP contribution in [0.4, 0.5) is 0 Å². The van der Waals surface area contributed by atoms with E-state index in [-0.39, 0.29) is 29.6 Å². The third-order valence-electron chi connectivity index (χ3n) is 4.81. The van der Waals surface area contributed by atoms with Crippen LogP contribution < -0.4 is 0 Å². The first-order valence-corrected chi connectivity index (χ1v) is 9.87. The average molecular weight is 297 g/mol. The summed E-state index contributed by atoms with van der Waals surface area (Å²) in [4.78, 5) is 0. The van der Waals surface area contributed by atoms with Gasteiger partial charge in [0.1, 0.15) is 0 Å². The minimum Gasteiger partial charge on any atom is -0.0794 e. The normalized spacial score (nSPS) is 22.5. The molecule has 2 aromatic rings. The number of benzene rings is 2. The van der Waals surface area contributed by atoms with Gasteiger partial charge < -0.3 is 0 Å². The van der Waals surface area contributed by atoms with Crippen LogP contribution >= 0.6 is 0 Å². The van der Waals surface area contributed by atoms with E-state index in [1.165, 1.54) is 11.1 Å². The van der Waals surface area contributed by atoms with Gasteiger partial charge in [-0.1, -0.05) is 79.4 Å². The first kappa shape index (κ1) is 15.0. The molecule has 0 spiro atoms. The van der Waals surface area contributed by atoms with Crippen molar-refractivity contribution in [2.75, 3.05) is 0 Å². The third kappa shape index (κ3) is 2.53. The summed E-state index contributed by atoms with van der Waals surface area (Å²) < 4.78 is 0. The summed E-state index contributed by atoms with van der Waals surface area (Å²) in [7, 11) is -0.955. The van der Waals surface area contributed by atoms with Crippen LogP contribution in [0.2, 0.25) is 6.55 Å². The average Bonchev–Trinajstić information content (AvgIpc) is 3.11. The molecule has 99 valence electrons. The van der Waals surface area contributed by atoms with Gasteiger partial charge in [-0.15, -0.1) is 0 Å². The van der Waals surface area contributed by atoms with Crippen molar-refractivity contribution in [1.29, 1.82) is 0 Å². The predicted molar refractivity (Wildman–Crippen MR) is 95.2 cm³/mol. The number of hydrogen-bond acceptors (Lipinski definition) is 0. The van der Waals surface area contributed by atoms with E-state index in [4.69, 9.17) is 0 Å². The van der Waals surface area contributed by atoms with E-state index in [1.54, 1.807) is 11.1 Å². The van der Waals surface area contributed by atoms with E-state index in [1.807, 2.05) is 0 Å². The van der Waals surface area contributed by atoms with Gasteiger partial charge in [-0.2, -0.15) is 0 Å². The quantitative estimate of drug-likeness (QED) is 0.730. The summed E-state index contributed by atoms with van der Waals surface area (Å²) >= 11 is 0. The van der Waals surface area contributed by atoms with Gasteiger partial charge in [0.15, 0.2) is 0 Å². The largest absolute Gasteiger partial charge is 0.0794 e. The first-order valence-electron chi connectivity index (χ1n) is 7.39. The molecular formula is C19H18NaSi. The molecule has 1 radical (unpaired) electrons. The summed E-state index contributed by atoms with van der Waals surface area (Å²) in [6, 6.07) is 17.8. The van der Waals surface area contributed by atoms with Gasteiger partial charge in [0.25, 0.3) is 0 Å². The summed E-state index contributed by atoms with van der Waals surface area (Å²) in [6.07, 6.45) is 9.51. The van der Waals surface area contributed by atoms with Gasteiger partial charge in [-0.05, 0) is 33.3 Å². The van der Waals surface area contributed by atoms with E-state index in [0.29, 0.717) is 11.1 Å². The number of rotatable bonds is 2. The minimum absolute atomic E-state index is 0. The zero-order valence-electron chi connectivity index (χ0n) is 12.7. The molecule has 0 amide bonds. The van der Waals surface area contributed by atoms with Crippen molar-refractivity contribution in [3.63, 3.8) is 0 Å². The van der Waals surface area contributed by atoms with Crippen LogP contribution in [-0.4, -0.2) is 38.4 Å². The summed E-state index contributed by atoms with van der Waals surface area (Å²) in [6.45, 7) is 2.52. The first-order chi connectivity index (χ1) is 9.84. The fourth-order valence-electron chi connectivity index (χ4n) is 3.69. The fraction of sp³-hybridized carbons (Fsp3) is 0.158. The van der Waals surface area contributed by atoms with Gasteiger partial charge in [0.05, 0.1) is 8.80 Å². The molecular weight excluding hydrogens is 279 g/mol. The van der Waals surface area contributed by atoms with Crippen molar-refractivity contribution in [1.82, 2.24) is 0 Å². The third-order valence-corrected chi connectivity index (χ3v) is 8.24. The second kappa shape index (κ2) is 6.10. The van der Waals surface area contributed by atoms with Gasteiger partial charge in [-0.3, -0.25) is 0 Å². The van der Waals surface area contributed by atoms with E-state index in [2.05, 4.69) is 79.4 Å². The second-order valence-corrected chi connectivity index (χ2v) is 9.04. The molecule has 2 unspecified atom stereocenters. The zero-order chi connectivity index (χ0) is 13.5. The van der Waals surface area contributed by atoms with Gasteiger partial charge in [0.2, 0.25) is 0 Å². The maximum atomic E-state index is 2.52. The van der Waals surface area contributed by atoms with Gasteiger partial charge in [-0.25, -0.2) is 0 Å². The SMILES string of the molecule is C[SiH](C1C=Cc2ccccc21)C1C=Cc2ccccc21.[Na]. The van der Waals surface area contributed by atoms with Crippen LogP contribution in [-0.2, 0) is 0 Å². The molecule has 2 aromatic carbocycles. The van der Waals surface area contributed by atoms with Crippen LogP contribution in [0.3, 0.4) is 0 Å². The van der Waals surface area contributed by atoms with Crippen molar-refractivity contribution in [2.24, 2.45) is 0 Å². The van der Waals surface area contributed by atoms with E-state index >= 15 is 0 Å². The summed E-state index contributed by atoms with van der Waals surface area (Å²) in [5, 5.41) is 0. The van der Waals surface area contributed by atoms with Crippen molar-refractivity contribution >= 4 is 50.5 Å². The van der Waals surface area contributed by atoms with Crippen LogP contribution in [0, 0.1) is 0 Å². The van der Waals surface area contributed by atoms with Crippen molar-refractivity contribution in [3.8, 4) is 0 Å². The van der Waals surface area contributed by atoms with Crippen LogP contribution in [0.15, 0.2) is 60.7 Å². The van der Waals surface area contributed by atoms with Gasteiger partial charge >= 0.3 is 0 Å². The number of fused-ring (bicyclic) bond motifs is 2. The molecule has 0 N–H and O–H groups in total. The Kier molecular flexibility index (Phi) is 4.37. The van der Waals surface area contributed by atoms with E-state index < -0.39 is 8.80 Å². The zero-order valence-corrected chi connectivity index (χ0v) is 15.8. The molecule has 2 heteroatoms. The Bertz CT molecular complexity index is 656. The fourth-order valence-corrected chi connectivity index (χ4v) is 6.80. The molecule has 0 aliphatic heterocycles. The molecule has 2 aliphatic carbocycles. The predicted octanol–water partition coefficient (Wildman–Crippen LogP) is 4.16. The molecule has 0 fully saturated rings. The number of hydrogen-bond donors (Lipinski definition) is 0. The van der Waals surface area contributed by atoms with Crippen molar-refractivity contribution in [2.45, 2.75) is 17.6 Å². The number of allylic oxidation sites excluding steroid dienone is 2. The monoisotopic (exact) mass is 297 g/mol. The Labute approximate surface area is 150 Å². The topological polar surface area (TPSA) is 0 Å². The molecule has 4 rings (SSSR count). The molecule has 0 saturated carbocycles. The molecule has 0 heterocycles. The molecule has 0 bridgehead atoms. The Balaban J connectivity index is 0.00000132.